The van der Waals surface area contributed by atoms with Gasteiger partial charge in [0.1, 0.15) is 6.04 Å². The van der Waals surface area contributed by atoms with Crippen LogP contribution in [-0.2, 0) is 16.0 Å². The molecular weight excluding hydrogens is 242 g/mol. The van der Waals surface area contributed by atoms with E-state index in [1.807, 2.05) is 24.3 Å². The second kappa shape index (κ2) is 4.91. The number of amides is 2. The average molecular weight is 259 g/mol. The van der Waals surface area contributed by atoms with Crippen LogP contribution >= 0.6 is 0 Å². The summed E-state index contributed by atoms with van der Waals surface area (Å²) >= 11 is 0. The SMILES string of the molecule is O=C1CN(C(=O)[C@@H]2Cc3ccccc3N2)CCCN1. The number of hydrogen-bond acceptors (Lipinski definition) is 3. The highest BCUT2D eigenvalue weighted by Gasteiger charge is 2.31. The van der Waals surface area contributed by atoms with Crippen LogP contribution in [0.2, 0.25) is 0 Å². The summed E-state index contributed by atoms with van der Waals surface area (Å²) in [6.07, 6.45) is 1.52. The minimum absolute atomic E-state index is 0.0215. The topological polar surface area (TPSA) is 61.4 Å². The largest absolute Gasteiger partial charge is 0.373 e. The predicted octanol–water partition coefficient (Wildman–Crippen LogP) is 0.372. The third-order valence-electron chi connectivity index (χ3n) is 3.64. The number of benzene rings is 1. The first-order valence-corrected chi connectivity index (χ1v) is 6.64. The van der Waals surface area contributed by atoms with Gasteiger partial charge >= 0.3 is 0 Å². The summed E-state index contributed by atoms with van der Waals surface area (Å²) in [6.45, 7) is 1.47. The van der Waals surface area contributed by atoms with Crippen molar-refractivity contribution in [3.8, 4) is 0 Å². The molecule has 3 rings (SSSR count). The molecule has 5 nitrogen and oxygen atoms in total. The second-order valence-electron chi connectivity index (χ2n) is 5.02. The van der Waals surface area contributed by atoms with Crippen molar-refractivity contribution in [3.63, 3.8) is 0 Å². The Morgan fingerprint density at radius 2 is 2.16 bits per heavy atom. The zero-order valence-corrected chi connectivity index (χ0v) is 10.7. The van der Waals surface area contributed by atoms with E-state index in [4.69, 9.17) is 0 Å². The molecule has 2 amide bonds. The molecule has 19 heavy (non-hydrogen) atoms. The molecule has 0 aromatic heterocycles. The van der Waals surface area contributed by atoms with Crippen molar-refractivity contribution in [1.82, 2.24) is 10.2 Å². The Hall–Kier alpha value is -2.04. The van der Waals surface area contributed by atoms with E-state index in [2.05, 4.69) is 10.6 Å². The smallest absolute Gasteiger partial charge is 0.245 e. The molecule has 100 valence electrons. The van der Waals surface area contributed by atoms with Crippen molar-refractivity contribution in [2.24, 2.45) is 0 Å². The second-order valence-corrected chi connectivity index (χ2v) is 5.02. The lowest BCUT2D eigenvalue weighted by atomic mass is 10.1. The van der Waals surface area contributed by atoms with Gasteiger partial charge in [0, 0.05) is 25.2 Å². The summed E-state index contributed by atoms with van der Waals surface area (Å²) in [4.78, 5) is 25.6. The molecule has 0 bridgehead atoms. The van der Waals surface area contributed by atoms with Gasteiger partial charge in [-0.1, -0.05) is 18.2 Å². The van der Waals surface area contributed by atoms with Crippen molar-refractivity contribution >= 4 is 17.5 Å². The number of para-hydroxylation sites is 1. The molecule has 2 heterocycles. The Morgan fingerprint density at radius 3 is 3.00 bits per heavy atom. The van der Waals surface area contributed by atoms with E-state index in [0.717, 1.165) is 12.1 Å². The predicted molar refractivity (Wildman–Crippen MR) is 71.8 cm³/mol. The molecule has 0 radical (unpaired) electrons. The van der Waals surface area contributed by atoms with Gasteiger partial charge in [0.25, 0.3) is 0 Å². The molecule has 1 atom stereocenters. The number of carbonyl (C=O) groups is 2. The molecule has 1 aromatic carbocycles. The Morgan fingerprint density at radius 1 is 1.32 bits per heavy atom. The van der Waals surface area contributed by atoms with E-state index in [1.165, 1.54) is 5.56 Å². The van der Waals surface area contributed by atoms with Crippen LogP contribution in [-0.4, -0.2) is 42.4 Å². The zero-order chi connectivity index (χ0) is 13.2. The maximum absolute atomic E-state index is 12.5. The first kappa shape index (κ1) is 12.0. The van der Waals surface area contributed by atoms with Crippen LogP contribution in [0.5, 0.6) is 0 Å². The minimum Gasteiger partial charge on any atom is -0.373 e. The van der Waals surface area contributed by atoms with Crippen molar-refractivity contribution in [2.75, 3.05) is 25.0 Å². The fourth-order valence-corrected chi connectivity index (χ4v) is 2.66. The highest BCUT2D eigenvalue weighted by Crippen LogP contribution is 2.26. The van der Waals surface area contributed by atoms with Crippen LogP contribution in [0.3, 0.4) is 0 Å². The molecule has 1 fully saturated rings. The quantitative estimate of drug-likeness (QED) is 0.766. The number of nitrogens with zero attached hydrogens (tertiary/aromatic N) is 1. The van der Waals surface area contributed by atoms with Crippen molar-refractivity contribution in [3.05, 3.63) is 29.8 Å². The minimum atomic E-state index is -0.233. The van der Waals surface area contributed by atoms with Gasteiger partial charge in [-0.25, -0.2) is 0 Å². The van der Waals surface area contributed by atoms with E-state index >= 15 is 0 Å². The van der Waals surface area contributed by atoms with Crippen LogP contribution in [0, 0.1) is 0 Å². The lowest BCUT2D eigenvalue weighted by Gasteiger charge is -2.23. The van der Waals surface area contributed by atoms with E-state index < -0.39 is 0 Å². The molecule has 0 spiro atoms. The fourth-order valence-electron chi connectivity index (χ4n) is 2.66. The number of anilines is 1. The van der Waals surface area contributed by atoms with E-state index in [-0.39, 0.29) is 24.4 Å². The van der Waals surface area contributed by atoms with Gasteiger partial charge in [0.05, 0.1) is 6.54 Å². The lowest BCUT2D eigenvalue weighted by Crippen LogP contribution is -2.45. The standard InChI is InChI=1S/C14H17N3O2/c18-13-9-17(7-3-6-15-13)14(19)12-8-10-4-1-2-5-11(10)16-12/h1-2,4-5,12,16H,3,6-9H2,(H,15,18)/t12-/m0/s1. The molecule has 5 heteroatoms. The first-order chi connectivity index (χ1) is 9.24. The molecule has 2 N–H and O–H groups in total. The van der Waals surface area contributed by atoms with E-state index in [9.17, 15) is 9.59 Å². The van der Waals surface area contributed by atoms with Crippen LogP contribution < -0.4 is 10.6 Å². The van der Waals surface area contributed by atoms with Gasteiger partial charge < -0.3 is 15.5 Å². The highest BCUT2D eigenvalue weighted by atomic mass is 16.2. The number of fused-ring (bicyclic) bond motifs is 1. The Labute approximate surface area is 112 Å². The summed E-state index contributed by atoms with van der Waals surface area (Å²) < 4.78 is 0. The van der Waals surface area contributed by atoms with Crippen LogP contribution in [0.1, 0.15) is 12.0 Å². The Kier molecular flexibility index (Phi) is 3.11. The normalized spacial score (nSPS) is 22.2. The van der Waals surface area contributed by atoms with E-state index in [0.29, 0.717) is 19.5 Å². The first-order valence-electron chi connectivity index (χ1n) is 6.64. The molecule has 0 aliphatic carbocycles. The van der Waals surface area contributed by atoms with Gasteiger partial charge in [0.2, 0.25) is 11.8 Å². The molecule has 0 unspecified atom stereocenters. The fraction of sp³-hybridized carbons (Fsp3) is 0.429. The van der Waals surface area contributed by atoms with Gasteiger partial charge in [-0.3, -0.25) is 9.59 Å². The van der Waals surface area contributed by atoms with Crippen LogP contribution in [0.4, 0.5) is 5.69 Å². The maximum atomic E-state index is 12.5. The lowest BCUT2D eigenvalue weighted by molar-refractivity contribution is -0.135. The number of hydrogen-bond donors (Lipinski definition) is 2. The maximum Gasteiger partial charge on any atom is 0.245 e. The number of rotatable bonds is 1. The van der Waals surface area contributed by atoms with Crippen molar-refractivity contribution in [1.29, 1.82) is 0 Å². The summed E-state index contributed by atoms with van der Waals surface area (Å²) in [7, 11) is 0. The number of carbonyl (C=O) groups excluding carboxylic acids is 2. The van der Waals surface area contributed by atoms with Crippen molar-refractivity contribution in [2.45, 2.75) is 18.9 Å². The summed E-state index contributed by atoms with van der Waals surface area (Å²) in [6, 6.07) is 7.72. The number of nitrogens with one attached hydrogen (secondary N) is 2. The molecule has 2 aliphatic heterocycles. The third-order valence-corrected chi connectivity index (χ3v) is 3.64. The van der Waals surface area contributed by atoms with Gasteiger partial charge in [-0.05, 0) is 18.1 Å². The van der Waals surface area contributed by atoms with Crippen molar-refractivity contribution < 1.29 is 9.59 Å². The summed E-state index contributed by atoms with van der Waals surface area (Å²) in [5, 5.41) is 6.03. The van der Waals surface area contributed by atoms with Crippen LogP contribution in [0.25, 0.3) is 0 Å². The molecule has 2 aliphatic rings. The summed E-state index contributed by atoms with van der Waals surface area (Å²) in [5.74, 6) is -0.0467. The summed E-state index contributed by atoms with van der Waals surface area (Å²) in [5.41, 5.74) is 2.19. The molecule has 0 saturated carbocycles. The monoisotopic (exact) mass is 259 g/mol. The third kappa shape index (κ3) is 2.41. The molecule has 1 saturated heterocycles. The van der Waals surface area contributed by atoms with Crippen LogP contribution in [0.15, 0.2) is 24.3 Å². The molecule has 1 aromatic rings. The Balaban J connectivity index is 1.70. The van der Waals surface area contributed by atoms with Gasteiger partial charge in [-0.2, -0.15) is 0 Å². The highest BCUT2D eigenvalue weighted by molar-refractivity contribution is 5.91. The average Bonchev–Trinajstić information content (AvgIpc) is 2.73. The Bertz CT molecular complexity index is 490. The zero-order valence-electron chi connectivity index (χ0n) is 10.7. The molecular formula is C14H17N3O2. The van der Waals surface area contributed by atoms with E-state index in [1.54, 1.807) is 4.90 Å². The van der Waals surface area contributed by atoms with Gasteiger partial charge in [-0.15, -0.1) is 0 Å². The van der Waals surface area contributed by atoms with Gasteiger partial charge in [0.15, 0.2) is 0 Å².